The van der Waals surface area contributed by atoms with Crippen LogP contribution in [-0.4, -0.2) is 6.98 Å². The van der Waals surface area contributed by atoms with E-state index in [1.807, 2.05) is 13.0 Å². The Labute approximate surface area is 132 Å². The summed E-state index contributed by atoms with van der Waals surface area (Å²) < 4.78 is 37.6. The fraction of sp³-hybridized carbons (Fsp3) is 0.111. The summed E-state index contributed by atoms with van der Waals surface area (Å²) in [5.74, 6) is 0. The Morgan fingerprint density at radius 3 is 2.40 bits per heavy atom. The molecule has 0 saturated carbocycles. The monoisotopic (exact) mass is 254 g/mol. The topological polar surface area (TPSA) is 0 Å². The van der Waals surface area contributed by atoms with Crippen LogP contribution in [-0.2, 0) is 0 Å². The molecule has 0 nitrogen and oxygen atoms in total. The van der Waals surface area contributed by atoms with Crippen molar-refractivity contribution in [3.05, 3.63) is 29.8 Å². The fourth-order valence-electron chi connectivity index (χ4n) is 1.39. The molecule has 0 amide bonds. The van der Waals surface area contributed by atoms with Gasteiger partial charge in [-0.3, -0.25) is 0 Å². The van der Waals surface area contributed by atoms with Crippen LogP contribution in [0.2, 0.25) is 0 Å². The first-order valence-electron chi connectivity index (χ1n) is 4.17. The van der Waals surface area contributed by atoms with Gasteiger partial charge in [0.15, 0.2) is 0 Å². The molecular weight excluding hydrogens is 247 g/mol. The van der Waals surface area contributed by atoms with Crippen LogP contribution in [0.1, 0.15) is 5.56 Å². The van der Waals surface area contributed by atoms with Gasteiger partial charge in [-0.15, -0.1) is 0 Å². The molecule has 0 spiro atoms. The van der Waals surface area contributed by atoms with Gasteiger partial charge in [-0.1, -0.05) is 29.0 Å². The predicted molar refractivity (Wildman–Crippen MR) is 55.3 cm³/mol. The number of hydrogen-bond acceptors (Lipinski definition) is 1. The first-order chi connectivity index (χ1) is 6.48. The summed E-state index contributed by atoms with van der Waals surface area (Å²) in [7, 11) is 0. The Kier molecular flexibility index (Phi) is 4.48. The fourth-order valence-corrected chi connectivity index (χ4v) is 2.42. The van der Waals surface area contributed by atoms with E-state index < -0.39 is 11.8 Å². The number of benzene rings is 1. The summed E-state index contributed by atoms with van der Waals surface area (Å²) in [6, 6.07) is 6.54. The van der Waals surface area contributed by atoms with Crippen LogP contribution in [0.4, 0.5) is 12.9 Å². The maximum absolute atomic E-state index is 12.4. The molecule has 0 fully saturated rings. The van der Waals surface area contributed by atoms with Crippen LogP contribution in [0.25, 0.3) is 10.1 Å². The molecule has 1 heterocycles. The van der Waals surface area contributed by atoms with E-state index in [2.05, 4.69) is 0 Å². The third-order valence-electron chi connectivity index (χ3n) is 2.08. The molecule has 2 aromatic rings. The Morgan fingerprint density at radius 1 is 1.20 bits per heavy atom. The van der Waals surface area contributed by atoms with E-state index in [4.69, 9.17) is 0 Å². The summed E-state index contributed by atoms with van der Waals surface area (Å²) in [6.07, 6.45) is 0. The Morgan fingerprint density at radius 2 is 1.87 bits per heavy atom. The zero-order valence-electron chi connectivity index (χ0n) is 8.43. The quantitative estimate of drug-likeness (QED) is 0.641. The van der Waals surface area contributed by atoms with Gasteiger partial charge in [0.05, 0.1) is 0 Å². The summed E-state index contributed by atoms with van der Waals surface area (Å²) in [5, 5.41) is 0.684. The predicted octanol–water partition coefficient (Wildman–Crippen LogP) is 0.268. The van der Waals surface area contributed by atoms with Crippen LogP contribution < -0.4 is 56.2 Å². The zero-order valence-corrected chi connectivity index (χ0v) is 12.4. The van der Waals surface area contributed by atoms with Crippen molar-refractivity contribution in [2.75, 3.05) is 0 Å². The van der Waals surface area contributed by atoms with E-state index in [0.717, 1.165) is 21.6 Å². The standard InChI is InChI=1S/C9H7BF3S.K/c1-6-3-2-4-7-5-8(10(11,12)13)14-9(6)7;/h2-5H,1H3;/q-1;+1. The van der Waals surface area contributed by atoms with E-state index >= 15 is 0 Å². The summed E-state index contributed by atoms with van der Waals surface area (Å²) in [5.41, 5.74) is 0.902. The zero-order chi connectivity index (χ0) is 10.3. The molecule has 0 aliphatic heterocycles. The SMILES string of the molecule is Cc1cccc2cc([B-](F)(F)F)sc12.[K+]. The van der Waals surface area contributed by atoms with Crippen molar-refractivity contribution >= 4 is 33.2 Å². The number of aryl methyl sites for hydroxylation is 1. The van der Waals surface area contributed by atoms with Crippen LogP contribution >= 0.6 is 11.3 Å². The second kappa shape index (κ2) is 4.89. The molecule has 0 aliphatic carbocycles. The van der Waals surface area contributed by atoms with Gasteiger partial charge in [-0.25, -0.2) is 0 Å². The molecule has 0 saturated heterocycles. The summed E-state index contributed by atoms with van der Waals surface area (Å²) >= 11 is 0.834. The number of hydrogen-bond donors (Lipinski definition) is 0. The second-order valence-corrected chi connectivity index (χ2v) is 4.30. The number of halogens is 3. The van der Waals surface area contributed by atoms with Crippen LogP contribution in [0.5, 0.6) is 0 Å². The Balaban J connectivity index is 0.00000112. The van der Waals surface area contributed by atoms with Gasteiger partial charge in [-0.05, 0) is 17.9 Å². The van der Waals surface area contributed by atoms with Gasteiger partial charge >= 0.3 is 58.4 Å². The van der Waals surface area contributed by atoms with Crippen LogP contribution in [0.3, 0.4) is 0 Å². The molecule has 0 aliphatic rings. The number of fused-ring (bicyclic) bond motifs is 1. The molecule has 15 heavy (non-hydrogen) atoms. The molecule has 1 aromatic carbocycles. The maximum Gasteiger partial charge on any atom is 1.00 e. The van der Waals surface area contributed by atoms with Crippen molar-refractivity contribution in [1.29, 1.82) is 0 Å². The molecule has 0 N–H and O–H groups in total. The van der Waals surface area contributed by atoms with Gasteiger partial charge in [0, 0.05) is 4.70 Å². The van der Waals surface area contributed by atoms with E-state index in [0.29, 0.717) is 5.39 Å². The Hall–Kier alpha value is 0.671. The third-order valence-corrected chi connectivity index (χ3v) is 3.47. The molecule has 2 rings (SSSR count). The smallest absolute Gasteiger partial charge is 0.444 e. The van der Waals surface area contributed by atoms with Gasteiger partial charge in [0.1, 0.15) is 0 Å². The van der Waals surface area contributed by atoms with Crippen molar-refractivity contribution in [2.24, 2.45) is 0 Å². The summed E-state index contributed by atoms with van der Waals surface area (Å²) in [6.45, 7) is -3.03. The van der Waals surface area contributed by atoms with E-state index in [9.17, 15) is 12.9 Å². The molecule has 0 unspecified atom stereocenters. The summed E-state index contributed by atoms with van der Waals surface area (Å²) in [4.78, 5) is 0. The molecule has 74 valence electrons. The van der Waals surface area contributed by atoms with E-state index in [-0.39, 0.29) is 51.4 Å². The molecule has 0 bridgehead atoms. The Bertz CT molecular complexity index is 478. The minimum absolute atomic E-state index is 0. The molecule has 6 heteroatoms. The van der Waals surface area contributed by atoms with Crippen molar-refractivity contribution in [3.63, 3.8) is 0 Å². The van der Waals surface area contributed by atoms with Crippen molar-refractivity contribution in [2.45, 2.75) is 6.92 Å². The van der Waals surface area contributed by atoms with E-state index in [1.165, 1.54) is 6.07 Å². The van der Waals surface area contributed by atoms with Crippen molar-refractivity contribution in [3.8, 4) is 0 Å². The minimum atomic E-state index is -4.85. The maximum atomic E-state index is 12.4. The molecule has 0 radical (unpaired) electrons. The average Bonchev–Trinajstić information content (AvgIpc) is 2.48. The van der Waals surface area contributed by atoms with Gasteiger partial charge in [0.2, 0.25) is 0 Å². The largest absolute Gasteiger partial charge is 1.00 e. The number of thiophene rings is 1. The minimum Gasteiger partial charge on any atom is -0.444 e. The second-order valence-electron chi connectivity index (χ2n) is 3.22. The van der Waals surface area contributed by atoms with Gasteiger partial charge in [0.25, 0.3) is 0 Å². The number of rotatable bonds is 1. The average molecular weight is 254 g/mol. The van der Waals surface area contributed by atoms with Crippen LogP contribution in [0.15, 0.2) is 24.3 Å². The first-order valence-corrected chi connectivity index (χ1v) is 4.99. The van der Waals surface area contributed by atoms with E-state index in [1.54, 1.807) is 12.1 Å². The van der Waals surface area contributed by atoms with Crippen LogP contribution in [0, 0.1) is 6.92 Å². The molecule has 1 aromatic heterocycles. The van der Waals surface area contributed by atoms with Crippen molar-refractivity contribution < 1.29 is 64.3 Å². The first kappa shape index (κ1) is 13.7. The molecule has 0 atom stereocenters. The van der Waals surface area contributed by atoms with Crippen molar-refractivity contribution in [1.82, 2.24) is 0 Å². The normalized spacial score (nSPS) is 11.5. The van der Waals surface area contributed by atoms with Gasteiger partial charge < -0.3 is 12.9 Å². The third kappa shape index (κ3) is 2.87. The molecular formula is C9H7BF3KS. The van der Waals surface area contributed by atoms with Gasteiger partial charge in [-0.2, -0.15) is 11.3 Å².